The standard InChI is InChI=1S/C14H20N2O/c1-11-4-6-12(7-5-11)14(17)16-10-8-13-3-2-9-15-13/h4-7,13,15H,2-3,8-10H2,1H3,(H,16,17)/t13-/m1/s1. The van der Waals surface area contributed by atoms with Crippen molar-refractivity contribution in [3.8, 4) is 0 Å². The summed E-state index contributed by atoms with van der Waals surface area (Å²) in [5.41, 5.74) is 1.92. The van der Waals surface area contributed by atoms with E-state index in [9.17, 15) is 4.79 Å². The lowest BCUT2D eigenvalue weighted by atomic mass is 10.1. The minimum atomic E-state index is 0.0306. The first-order chi connectivity index (χ1) is 8.25. The van der Waals surface area contributed by atoms with Gasteiger partial charge < -0.3 is 10.6 Å². The predicted octanol–water partition coefficient (Wildman–Crippen LogP) is 1.87. The Morgan fingerprint density at radius 2 is 2.18 bits per heavy atom. The van der Waals surface area contributed by atoms with Crippen LogP contribution in [0.25, 0.3) is 0 Å². The number of rotatable bonds is 4. The van der Waals surface area contributed by atoms with Gasteiger partial charge in [0.15, 0.2) is 0 Å². The van der Waals surface area contributed by atoms with Crippen LogP contribution in [0.3, 0.4) is 0 Å². The lowest BCUT2D eigenvalue weighted by Crippen LogP contribution is -2.30. The Labute approximate surface area is 103 Å². The van der Waals surface area contributed by atoms with Gasteiger partial charge in [0.2, 0.25) is 0 Å². The van der Waals surface area contributed by atoms with E-state index in [0.29, 0.717) is 6.04 Å². The highest BCUT2D eigenvalue weighted by Crippen LogP contribution is 2.08. The zero-order valence-corrected chi connectivity index (χ0v) is 10.3. The maximum atomic E-state index is 11.8. The van der Waals surface area contributed by atoms with Gasteiger partial charge in [-0.2, -0.15) is 0 Å². The van der Waals surface area contributed by atoms with Crippen LogP contribution in [0.1, 0.15) is 35.2 Å². The highest BCUT2D eigenvalue weighted by atomic mass is 16.1. The molecule has 1 saturated heterocycles. The van der Waals surface area contributed by atoms with Crippen molar-refractivity contribution < 1.29 is 4.79 Å². The summed E-state index contributed by atoms with van der Waals surface area (Å²) in [5.74, 6) is 0.0306. The summed E-state index contributed by atoms with van der Waals surface area (Å²) in [6, 6.07) is 8.27. The van der Waals surface area contributed by atoms with Gasteiger partial charge in [-0.05, 0) is 44.9 Å². The number of carbonyl (C=O) groups excluding carboxylic acids is 1. The smallest absolute Gasteiger partial charge is 0.251 e. The highest BCUT2D eigenvalue weighted by molar-refractivity contribution is 5.94. The molecule has 0 spiro atoms. The van der Waals surface area contributed by atoms with Gasteiger partial charge in [-0.3, -0.25) is 4.79 Å². The van der Waals surface area contributed by atoms with Crippen LogP contribution in [0.5, 0.6) is 0 Å². The molecular weight excluding hydrogens is 212 g/mol. The van der Waals surface area contributed by atoms with Crippen molar-refractivity contribution in [2.75, 3.05) is 13.1 Å². The molecule has 0 aliphatic carbocycles. The fraction of sp³-hybridized carbons (Fsp3) is 0.500. The number of nitrogens with one attached hydrogen (secondary N) is 2. The van der Waals surface area contributed by atoms with E-state index in [4.69, 9.17) is 0 Å². The minimum Gasteiger partial charge on any atom is -0.352 e. The number of hydrogen-bond donors (Lipinski definition) is 2. The predicted molar refractivity (Wildman–Crippen MR) is 69.2 cm³/mol. The molecule has 0 saturated carbocycles. The van der Waals surface area contributed by atoms with Gasteiger partial charge >= 0.3 is 0 Å². The van der Waals surface area contributed by atoms with E-state index in [-0.39, 0.29) is 5.91 Å². The van der Waals surface area contributed by atoms with E-state index in [0.717, 1.165) is 25.1 Å². The fourth-order valence-corrected chi connectivity index (χ4v) is 2.17. The maximum absolute atomic E-state index is 11.8. The van der Waals surface area contributed by atoms with Crippen molar-refractivity contribution in [2.45, 2.75) is 32.2 Å². The Hall–Kier alpha value is -1.35. The topological polar surface area (TPSA) is 41.1 Å². The molecule has 0 aromatic heterocycles. The molecular formula is C14H20N2O. The monoisotopic (exact) mass is 232 g/mol. The van der Waals surface area contributed by atoms with Crippen LogP contribution in [-0.4, -0.2) is 25.0 Å². The summed E-state index contributed by atoms with van der Waals surface area (Å²) in [4.78, 5) is 11.8. The van der Waals surface area contributed by atoms with Crippen LogP contribution in [0, 0.1) is 6.92 Å². The highest BCUT2D eigenvalue weighted by Gasteiger charge is 2.13. The molecule has 0 radical (unpaired) electrons. The average Bonchev–Trinajstić information content (AvgIpc) is 2.83. The molecule has 3 heteroatoms. The lowest BCUT2D eigenvalue weighted by molar-refractivity contribution is 0.0952. The Bertz CT molecular complexity index is 366. The number of benzene rings is 1. The largest absolute Gasteiger partial charge is 0.352 e. The Balaban J connectivity index is 1.75. The quantitative estimate of drug-likeness (QED) is 0.832. The number of carbonyl (C=O) groups is 1. The Kier molecular flexibility index (Phi) is 4.15. The molecule has 1 aromatic carbocycles. The number of amides is 1. The van der Waals surface area contributed by atoms with E-state index in [1.165, 1.54) is 18.4 Å². The Morgan fingerprint density at radius 3 is 2.82 bits per heavy atom. The first-order valence-electron chi connectivity index (χ1n) is 6.34. The fourth-order valence-electron chi connectivity index (χ4n) is 2.17. The molecule has 92 valence electrons. The van der Waals surface area contributed by atoms with Crippen LogP contribution in [0.4, 0.5) is 0 Å². The minimum absolute atomic E-state index is 0.0306. The van der Waals surface area contributed by atoms with E-state index >= 15 is 0 Å². The van der Waals surface area contributed by atoms with E-state index in [1.54, 1.807) is 0 Å². The summed E-state index contributed by atoms with van der Waals surface area (Å²) in [6.07, 6.45) is 3.52. The van der Waals surface area contributed by atoms with Gasteiger partial charge in [-0.1, -0.05) is 17.7 Å². The summed E-state index contributed by atoms with van der Waals surface area (Å²) >= 11 is 0. The first kappa shape index (κ1) is 12.1. The second kappa shape index (κ2) is 5.82. The van der Waals surface area contributed by atoms with Gasteiger partial charge in [-0.15, -0.1) is 0 Å². The van der Waals surface area contributed by atoms with Crippen LogP contribution in [0.2, 0.25) is 0 Å². The van der Waals surface area contributed by atoms with Gasteiger partial charge in [-0.25, -0.2) is 0 Å². The Morgan fingerprint density at radius 1 is 1.41 bits per heavy atom. The number of aryl methyl sites for hydroxylation is 1. The molecule has 1 aromatic rings. The van der Waals surface area contributed by atoms with Crippen LogP contribution in [0.15, 0.2) is 24.3 Å². The second-order valence-electron chi connectivity index (χ2n) is 4.70. The van der Waals surface area contributed by atoms with Crippen LogP contribution >= 0.6 is 0 Å². The van der Waals surface area contributed by atoms with Crippen molar-refractivity contribution in [3.05, 3.63) is 35.4 Å². The van der Waals surface area contributed by atoms with Crippen molar-refractivity contribution >= 4 is 5.91 Å². The molecule has 1 heterocycles. The van der Waals surface area contributed by atoms with Crippen LogP contribution in [-0.2, 0) is 0 Å². The van der Waals surface area contributed by atoms with E-state index in [2.05, 4.69) is 10.6 Å². The normalized spacial score (nSPS) is 19.2. The summed E-state index contributed by atoms with van der Waals surface area (Å²) < 4.78 is 0. The molecule has 1 aliphatic rings. The van der Waals surface area contributed by atoms with Gasteiger partial charge in [0, 0.05) is 18.2 Å². The summed E-state index contributed by atoms with van der Waals surface area (Å²) in [5, 5.41) is 6.39. The third-order valence-electron chi connectivity index (χ3n) is 3.25. The van der Waals surface area contributed by atoms with Crippen molar-refractivity contribution in [1.82, 2.24) is 10.6 Å². The van der Waals surface area contributed by atoms with E-state index in [1.807, 2.05) is 31.2 Å². The molecule has 1 fully saturated rings. The second-order valence-corrected chi connectivity index (χ2v) is 4.70. The molecule has 2 N–H and O–H groups in total. The molecule has 0 bridgehead atoms. The van der Waals surface area contributed by atoms with Crippen molar-refractivity contribution in [1.29, 1.82) is 0 Å². The SMILES string of the molecule is Cc1ccc(C(=O)NCC[C@H]2CCCN2)cc1. The summed E-state index contributed by atoms with van der Waals surface area (Å²) in [7, 11) is 0. The third kappa shape index (κ3) is 3.56. The average molecular weight is 232 g/mol. The lowest BCUT2D eigenvalue weighted by Gasteiger charge is -2.10. The van der Waals surface area contributed by atoms with Crippen molar-refractivity contribution in [3.63, 3.8) is 0 Å². The van der Waals surface area contributed by atoms with Gasteiger partial charge in [0.25, 0.3) is 5.91 Å². The first-order valence-corrected chi connectivity index (χ1v) is 6.34. The molecule has 1 atom stereocenters. The molecule has 17 heavy (non-hydrogen) atoms. The molecule has 2 rings (SSSR count). The zero-order chi connectivity index (χ0) is 12.1. The maximum Gasteiger partial charge on any atom is 0.251 e. The van der Waals surface area contributed by atoms with Gasteiger partial charge in [0.05, 0.1) is 0 Å². The molecule has 1 aliphatic heterocycles. The molecule has 3 nitrogen and oxygen atoms in total. The molecule has 1 amide bonds. The van der Waals surface area contributed by atoms with E-state index < -0.39 is 0 Å². The van der Waals surface area contributed by atoms with Crippen LogP contribution < -0.4 is 10.6 Å². The summed E-state index contributed by atoms with van der Waals surface area (Å²) in [6.45, 7) is 3.90. The third-order valence-corrected chi connectivity index (χ3v) is 3.25. The molecule has 0 unspecified atom stereocenters. The van der Waals surface area contributed by atoms with Crippen molar-refractivity contribution in [2.24, 2.45) is 0 Å². The van der Waals surface area contributed by atoms with Gasteiger partial charge in [0.1, 0.15) is 0 Å². The zero-order valence-electron chi connectivity index (χ0n) is 10.3. The number of hydrogen-bond acceptors (Lipinski definition) is 2.